The fourth-order valence-electron chi connectivity index (χ4n) is 1.98. The Hall–Kier alpha value is -1.40. The first kappa shape index (κ1) is 9.80. The number of hydrogen-bond acceptors (Lipinski definition) is 4. The van der Waals surface area contributed by atoms with Crippen LogP contribution in [0.4, 0.5) is 0 Å². The molecule has 84 valence electrons. The summed E-state index contributed by atoms with van der Waals surface area (Å²) in [6.45, 7) is 1.23. The quantitative estimate of drug-likeness (QED) is 0.850. The molecule has 3 rings (SSSR count). The number of carboxylic acid groups (broad SMARTS) is 1. The molecule has 0 saturated heterocycles. The van der Waals surface area contributed by atoms with E-state index in [0.29, 0.717) is 13.2 Å². The van der Waals surface area contributed by atoms with E-state index in [2.05, 4.69) is 4.98 Å². The summed E-state index contributed by atoms with van der Waals surface area (Å²) in [6.07, 6.45) is 0.846. The first-order valence-corrected chi connectivity index (χ1v) is 5.90. The minimum absolute atomic E-state index is 0.0306. The topological polar surface area (TPSA) is 63.8 Å². The zero-order chi connectivity index (χ0) is 11.1. The summed E-state index contributed by atoms with van der Waals surface area (Å²) in [5.41, 5.74) is 2.84. The maximum absolute atomic E-state index is 10.7. The first-order valence-electron chi connectivity index (χ1n) is 5.02. The van der Waals surface area contributed by atoms with Crippen molar-refractivity contribution in [3.8, 4) is 0 Å². The summed E-state index contributed by atoms with van der Waals surface area (Å²) >= 11 is 1.48. The molecule has 1 aliphatic heterocycles. The van der Waals surface area contributed by atoms with Crippen LogP contribution in [0, 0.1) is 0 Å². The number of hydrogen-bond donors (Lipinski definition) is 1. The van der Waals surface area contributed by atoms with Crippen molar-refractivity contribution in [3.05, 3.63) is 22.5 Å². The molecule has 0 bridgehead atoms. The predicted molar refractivity (Wildman–Crippen MR) is 57.8 cm³/mol. The van der Waals surface area contributed by atoms with Gasteiger partial charge in [-0.3, -0.25) is 9.20 Å². The molecule has 0 radical (unpaired) electrons. The average molecular weight is 238 g/mol. The molecule has 2 aromatic heterocycles. The van der Waals surface area contributed by atoms with E-state index in [1.807, 2.05) is 9.78 Å². The van der Waals surface area contributed by atoms with Crippen molar-refractivity contribution in [3.63, 3.8) is 0 Å². The third-order valence-corrected chi connectivity index (χ3v) is 3.54. The van der Waals surface area contributed by atoms with E-state index in [9.17, 15) is 4.79 Å². The molecular weight excluding hydrogens is 228 g/mol. The lowest BCUT2D eigenvalue weighted by molar-refractivity contribution is -0.136. The molecule has 0 spiro atoms. The van der Waals surface area contributed by atoms with Gasteiger partial charge in [0.1, 0.15) is 0 Å². The summed E-state index contributed by atoms with van der Waals surface area (Å²) < 4.78 is 7.31. The molecule has 5 nitrogen and oxygen atoms in total. The normalized spacial score (nSPS) is 15.2. The van der Waals surface area contributed by atoms with Crippen molar-refractivity contribution in [2.24, 2.45) is 0 Å². The Labute approximate surface area is 95.3 Å². The number of nitrogens with zero attached hydrogens (tertiary/aromatic N) is 2. The fourth-order valence-corrected chi connectivity index (χ4v) is 2.91. The lowest BCUT2D eigenvalue weighted by Gasteiger charge is -2.11. The largest absolute Gasteiger partial charge is 0.481 e. The highest BCUT2D eigenvalue weighted by Crippen LogP contribution is 2.24. The molecule has 1 aliphatic rings. The van der Waals surface area contributed by atoms with Crippen LogP contribution in [0.3, 0.4) is 0 Å². The zero-order valence-electron chi connectivity index (χ0n) is 8.47. The van der Waals surface area contributed by atoms with Crippen molar-refractivity contribution in [2.45, 2.75) is 19.4 Å². The molecule has 16 heavy (non-hydrogen) atoms. The second kappa shape index (κ2) is 3.57. The number of fused-ring (bicyclic) bond motifs is 3. The molecule has 0 amide bonds. The van der Waals surface area contributed by atoms with Crippen molar-refractivity contribution in [2.75, 3.05) is 6.61 Å². The van der Waals surface area contributed by atoms with Crippen LogP contribution in [0.5, 0.6) is 0 Å². The summed E-state index contributed by atoms with van der Waals surface area (Å²) in [5.74, 6) is -0.820. The second-order valence-electron chi connectivity index (χ2n) is 3.72. The van der Waals surface area contributed by atoms with E-state index in [0.717, 1.165) is 28.5 Å². The average Bonchev–Trinajstić information content (AvgIpc) is 2.77. The molecule has 0 atom stereocenters. The van der Waals surface area contributed by atoms with Crippen molar-refractivity contribution < 1.29 is 14.6 Å². The van der Waals surface area contributed by atoms with Crippen molar-refractivity contribution in [1.82, 2.24) is 9.38 Å². The Morgan fingerprint density at radius 3 is 3.38 bits per heavy atom. The van der Waals surface area contributed by atoms with Crippen LogP contribution in [0.2, 0.25) is 0 Å². The highest BCUT2D eigenvalue weighted by Gasteiger charge is 2.20. The van der Waals surface area contributed by atoms with Gasteiger partial charge in [0.05, 0.1) is 31.0 Å². The maximum Gasteiger partial charge on any atom is 0.309 e. The molecule has 0 aromatic carbocycles. The van der Waals surface area contributed by atoms with Crippen LogP contribution in [0.1, 0.15) is 17.1 Å². The maximum atomic E-state index is 10.7. The number of thiazole rings is 1. The number of imidazole rings is 1. The lowest BCUT2D eigenvalue weighted by Crippen LogP contribution is -2.12. The highest BCUT2D eigenvalue weighted by molar-refractivity contribution is 7.15. The molecule has 0 fully saturated rings. The monoisotopic (exact) mass is 238 g/mol. The van der Waals surface area contributed by atoms with Crippen LogP contribution in [-0.4, -0.2) is 27.1 Å². The molecule has 1 N–H and O–H groups in total. The zero-order valence-corrected chi connectivity index (χ0v) is 9.29. The van der Waals surface area contributed by atoms with Gasteiger partial charge in [0.2, 0.25) is 0 Å². The summed E-state index contributed by atoms with van der Waals surface area (Å²) in [7, 11) is 0. The first-order chi connectivity index (χ1) is 7.75. The van der Waals surface area contributed by atoms with Gasteiger partial charge in [0, 0.05) is 17.5 Å². The minimum Gasteiger partial charge on any atom is -0.481 e. The van der Waals surface area contributed by atoms with E-state index in [1.54, 1.807) is 0 Å². The molecule has 0 aliphatic carbocycles. The molecule has 6 heteroatoms. The number of ether oxygens (including phenoxy) is 1. The van der Waals surface area contributed by atoms with Crippen molar-refractivity contribution in [1.29, 1.82) is 0 Å². The molecular formula is C10H10N2O3S. The van der Waals surface area contributed by atoms with Gasteiger partial charge in [0.25, 0.3) is 0 Å². The number of carbonyl (C=O) groups is 1. The van der Waals surface area contributed by atoms with Crippen LogP contribution in [0.15, 0.2) is 5.38 Å². The Morgan fingerprint density at radius 2 is 2.56 bits per heavy atom. The molecule has 2 aromatic rings. The number of aliphatic carboxylic acids is 1. The van der Waals surface area contributed by atoms with Crippen LogP contribution < -0.4 is 0 Å². The SMILES string of the molecule is O=C(O)Cc1csc2nc3c(n12)COCC3. The van der Waals surface area contributed by atoms with Gasteiger partial charge >= 0.3 is 5.97 Å². The molecule has 0 unspecified atom stereocenters. The summed E-state index contributed by atoms with van der Waals surface area (Å²) in [4.78, 5) is 16.1. The van der Waals surface area contributed by atoms with E-state index in [-0.39, 0.29) is 6.42 Å². The summed E-state index contributed by atoms with van der Waals surface area (Å²) in [5, 5.41) is 10.7. The van der Waals surface area contributed by atoms with E-state index in [4.69, 9.17) is 9.84 Å². The van der Waals surface area contributed by atoms with Gasteiger partial charge in [-0.05, 0) is 0 Å². The Bertz CT molecular complexity index is 558. The Kier molecular flexibility index (Phi) is 2.19. The van der Waals surface area contributed by atoms with Crippen LogP contribution >= 0.6 is 11.3 Å². The van der Waals surface area contributed by atoms with Gasteiger partial charge in [0.15, 0.2) is 4.96 Å². The van der Waals surface area contributed by atoms with Crippen LogP contribution in [0.25, 0.3) is 4.96 Å². The van der Waals surface area contributed by atoms with Gasteiger partial charge < -0.3 is 9.84 Å². The van der Waals surface area contributed by atoms with Gasteiger partial charge in [-0.15, -0.1) is 11.3 Å². The Morgan fingerprint density at radius 1 is 1.69 bits per heavy atom. The van der Waals surface area contributed by atoms with Gasteiger partial charge in [-0.25, -0.2) is 4.98 Å². The standard InChI is InChI=1S/C10H10N2O3S/c13-9(14)3-6-5-16-10-11-7-1-2-15-4-8(7)12(6)10/h5H,1-4H2,(H,13,14). The lowest BCUT2D eigenvalue weighted by atomic mass is 10.2. The number of aromatic nitrogens is 2. The van der Waals surface area contributed by atoms with E-state index in [1.165, 1.54) is 11.3 Å². The van der Waals surface area contributed by atoms with Crippen molar-refractivity contribution >= 4 is 22.3 Å². The molecule has 0 saturated carbocycles. The van der Waals surface area contributed by atoms with E-state index < -0.39 is 5.97 Å². The number of rotatable bonds is 2. The molecule has 3 heterocycles. The third-order valence-electron chi connectivity index (χ3n) is 2.67. The number of carboxylic acids is 1. The van der Waals surface area contributed by atoms with Crippen LogP contribution in [-0.2, 0) is 29.0 Å². The summed E-state index contributed by atoms with van der Waals surface area (Å²) in [6, 6.07) is 0. The minimum atomic E-state index is -0.820. The third kappa shape index (κ3) is 1.42. The highest BCUT2D eigenvalue weighted by atomic mass is 32.1. The smallest absolute Gasteiger partial charge is 0.309 e. The fraction of sp³-hybridized carbons (Fsp3) is 0.400. The van der Waals surface area contributed by atoms with Gasteiger partial charge in [-0.2, -0.15) is 0 Å². The van der Waals surface area contributed by atoms with Gasteiger partial charge in [-0.1, -0.05) is 0 Å². The Balaban J connectivity index is 2.16. The second-order valence-corrected chi connectivity index (χ2v) is 4.56. The van der Waals surface area contributed by atoms with E-state index >= 15 is 0 Å². The predicted octanol–water partition coefficient (Wildman–Crippen LogP) is 1.10.